The van der Waals surface area contributed by atoms with E-state index in [1.807, 2.05) is 6.92 Å². The highest BCUT2D eigenvalue weighted by molar-refractivity contribution is 7.89. The molecular weight excluding hydrogens is 317 g/mol. The Morgan fingerprint density at radius 3 is 2.62 bits per heavy atom. The summed E-state index contributed by atoms with van der Waals surface area (Å²) in [5.74, 6) is -0.116. The van der Waals surface area contributed by atoms with Gasteiger partial charge in [-0.05, 0) is 30.4 Å². The number of rotatable bonds is 3. The van der Waals surface area contributed by atoms with Gasteiger partial charge in [0.25, 0.3) is 0 Å². The SMILES string of the molecule is CC1CCN(S(=O)(=O)c2cc(F)c(Cl)c(CO)c2)CC1C. The van der Waals surface area contributed by atoms with Gasteiger partial charge in [-0.25, -0.2) is 12.8 Å². The van der Waals surface area contributed by atoms with Crippen LogP contribution >= 0.6 is 11.6 Å². The van der Waals surface area contributed by atoms with Crippen LogP contribution in [0.5, 0.6) is 0 Å². The molecule has 0 bridgehead atoms. The second-order valence-electron chi connectivity index (χ2n) is 5.64. The highest BCUT2D eigenvalue weighted by Crippen LogP contribution is 2.30. The van der Waals surface area contributed by atoms with Crippen LogP contribution in [0.1, 0.15) is 25.8 Å². The fourth-order valence-corrected chi connectivity index (χ4v) is 4.26. The number of hydrogen-bond acceptors (Lipinski definition) is 3. The van der Waals surface area contributed by atoms with Crippen LogP contribution in [0.2, 0.25) is 5.02 Å². The third kappa shape index (κ3) is 3.23. The van der Waals surface area contributed by atoms with Gasteiger partial charge >= 0.3 is 0 Å². The van der Waals surface area contributed by atoms with Crippen molar-refractivity contribution in [3.05, 3.63) is 28.5 Å². The first kappa shape index (κ1) is 16.7. The zero-order valence-electron chi connectivity index (χ0n) is 12.0. The van der Waals surface area contributed by atoms with Crippen molar-refractivity contribution >= 4 is 21.6 Å². The molecule has 2 atom stereocenters. The molecule has 1 aliphatic heterocycles. The van der Waals surface area contributed by atoms with Gasteiger partial charge < -0.3 is 5.11 Å². The fraction of sp³-hybridized carbons (Fsp3) is 0.571. The van der Waals surface area contributed by atoms with Crippen molar-refractivity contribution in [3.8, 4) is 0 Å². The van der Waals surface area contributed by atoms with E-state index in [0.29, 0.717) is 19.0 Å². The lowest BCUT2D eigenvalue weighted by Gasteiger charge is -2.34. The van der Waals surface area contributed by atoms with Gasteiger partial charge in [0, 0.05) is 18.7 Å². The second kappa shape index (κ2) is 6.20. The highest BCUT2D eigenvalue weighted by atomic mass is 35.5. The summed E-state index contributed by atoms with van der Waals surface area (Å²) in [5, 5.41) is 8.92. The summed E-state index contributed by atoms with van der Waals surface area (Å²) >= 11 is 5.70. The standard InChI is InChI=1S/C14H19ClFNO3S/c1-9-3-4-17(7-10(9)2)21(19,20)12-5-11(8-18)14(15)13(16)6-12/h5-6,9-10,18H,3-4,7-8H2,1-2H3. The maximum atomic E-state index is 13.7. The molecule has 1 N–H and O–H groups in total. The van der Waals surface area contributed by atoms with Crippen LogP contribution in [-0.4, -0.2) is 30.9 Å². The first-order valence-corrected chi connectivity index (χ1v) is 8.68. The lowest BCUT2D eigenvalue weighted by atomic mass is 9.90. The van der Waals surface area contributed by atoms with Crippen LogP contribution < -0.4 is 0 Å². The van der Waals surface area contributed by atoms with Crippen LogP contribution in [0, 0.1) is 17.7 Å². The van der Waals surface area contributed by atoms with Gasteiger partial charge in [-0.1, -0.05) is 25.4 Å². The number of nitrogens with zero attached hydrogens (tertiary/aromatic N) is 1. The first-order chi connectivity index (χ1) is 9.77. The Morgan fingerprint density at radius 1 is 1.38 bits per heavy atom. The third-order valence-corrected chi connectivity index (χ3v) is 6.45. The zero-order valence-corrected chi connectivity index (χ0v) is 13.6. The molecule has 2 rings (SSSR count). The molecule has 1 aromatic carbocycles. The molecule has 21 heavy (non-hydrogen) atoms. The molecule has 1 aliphatic rings. The maximum Gasteiger partial charge on any atom is 0.243 e. The van der Waals surface area contributed by atoms with Crippen LogP contribution in [0.3, 0.4) is 0 Å². The van der Waals surface area contributed by atoms with Crippen molar-refractivity contribution in [2.75, 3.05) is 13.1 Å². The summed E-state index contributed by atoms with van der Waals surface area (Å²) < 4.78 is 40.3. The van der Waals surface area contributed by atoms with Crippen LogP contribution in [0.4, 0.5) is 4.39 Å². The molecule has 1 saturated heterocycles. The van der Waals surface area contributed by atoms with Crippen molar-refractivity contribution in [1.82, 2.24) is 4.31 Å². The molecule has 0 radical (unpaired) electrons. The largest absolute Gasteiger partial charge is 0.392 e. The molecule has 0 amide bonds. The van der Waals surface area contributed by atoms with Gasteiger partial charge in [0.05, 0.1) is 16.5 Å². The number of aliphatic hydroxyl groups excluding tert-OH is 1. The van der Waals surface area contributed by atoms with E-state index in [2.05, 4.69) is 6.92 Å². The number of hydrogen-bond donors (Lipinski definition) is 1. The average molecular weight is 336 g/mol. The average Bonchev–Trinajstić information content (AvgIpc) is 2.44. The monoisotopic (exact) mass is 335 g/mol. The van der Waals surface area contributed by atoms with Gasteiger partial charge in [-0.2, -0.15) is 4.31 Å². The molecular formula is C14H19ClFNO3S. The summed E-state index contributed by atoms with van der Waals surface area (Å²) in [6.07, 6.45) is 0.781. The normalized spacial score (nSPS) is 24.2. The van der Waals surface area contributed by atoms with Gasteiger partial charge in [0.15, 0.2) is 0 Å². The van der Waals surface area contributed by atoms with Gasteiger partial charge in [-0.3, -0.25) is 0 Å². The Bertz CT molecular complexity index is 635. The minimum atomic E-state index is -3.77. The van der Waals surface area contributed by atoms with E-state index in [1.54, 1.807) is 0 Å². The Hall–Kier alpha value is -0.690. The van der Waals surface area contributed by atoms with Crippen LogP contribution in [0.15, 0.2) is 17.0 Å². The van der Waals surface area contributed by atoms with E-state index < -0.39 is 22.4 Å². The van der Waals surface area contributed by atoms with Gasteiger partial charge in [-0.15, -0.1) is 0 Å². The first-order valence-electron chi connectivity index (χ1n) is 6.86. The van der Waals surface area contributed by atoms with E-state index in [1.165, 1.54) is 10.4 Å². The Labute approximate surface area is 129 Å². The van der Waals surface area contributed by atoms with Gasteiger partial charge in [0.1, 0.15) is 5.82 Å². The Morgan fingerprint density at radius 2 is 2.05 bits per heavy atom. The molecule has 1 heterocycles. The minimum Gasteiger partial charge on any atom is -0.392 e. The summed E-state index contributed by atoms with van der Waals surface area (Å²) in [5.41, 5.74) is 0.0775. The zero-order chi connectivity index (χ0) is 15.8. The fourth-order valence-electron chi connectivity index (χ4n) is 2.47. The van der Waals surface area contributed by atoms with E-state index in [4.69, 9.17) is 16.7 Å². The molecule has 0 aliphatic carbocycles. The molecule has 0 spiro atoms. The second-order valence-corrected chi connectivity index (χ2v) is 7.96. The Kier molecular flexibility index (Phi) is 4.92. The smallest absolute Gasteiger partial charge is 0.243 e. The molecule has 1 fully saturated rings. The summed E-state index contributed by atoms with van der Waals surface area (Å²) in [7, 11) is -3.77. The molecule has 118 valence electrons. The maximum absolute atomic E-state index is 13.7. The lowest BCUT2D eigenvalue weighted by molar-refractivity contribution is 0.212. The summed E-state index contributed by atoms with van der Waals surface area (Å²) in [4.78, 5) is -0.157. The molecule has 4 nitrogen and oxygen atoms in total. The van der Waals surface area contributed by atoms with E-state index in [9.17, 15) is 12.8 Å². The third-order valence-electron chi connectivity index (χ3n) is 4.18. The predicted octanol–water partition coefficient (Wildman–Crippen LogP) is 2.64. The van der Waals surface area contributed by atoms with E-state index in [-0.39, 0.29) is 21.4 Å². The van der Waals surface area contributed by atoms with E-state index in [0.717, 1.165) is 12.5 Å². The quantitative estimate of drug-likeness (QED) is 0.923. The molecule has 0 aromatic heterocycles. The van der Waals surface area contributed by atoms with E-state index >= 15 is 0 Å². The highest BCUT2D eigenvalue weighted by Gasteiger charge is 2.32. The Balaban J connectivity index is 2.38. The predicted molar refractivity (Wildman–Crippen MR) is 79.0 cm³/mol. The van der Waals surface area contributed by atoms with Crippen LogP contribution in [-0.2, 0) is 16.6 Å². The lowest BCUT2D eigenvalue weighted by Crippen LogP contribution is -2.42. The molecule has 0 saturated carbocycles. The number of aliphatic hydroxyl groups is 1. The number of halogens is 2. The molecule has 1 aromatic rings. The number of sulfonamides is 1. The number of benzene rings is 1. The number of piperidine rings is 1. The van der Waals surface area contributed by atoms with Crippen molar-refractivity contribution in [1.29, 1.82) is 0 Å². The minimum absolute atomic E-state index is 0.0775. The van der Waals surface area contributed by atoms with Gasteiger partial charge in [0.2, 0.25) is 10.0 Å². The van der Waals surface area contributed by atoms with Crippen molar-refractivity contribution in [2.24, 2.45) is 11.8 Å². The van der Waals surface area contributed by atoms with Crippen molar-refractivity contribution < 1.29 is 17.9 Å². The topological polar surface area (TPSA) is 57.6 Å². The summed E-state index contributed by atoms with van der Waals surface area (Å²) in [6.45, 7) is 4.44. The molecule has 2 unspecified atom stereocenters. The van der Waals surface area contributed by atoms with Crippen molar-refractivity contribution in [2.45, 2.75) is 31.8 Å². The summed E-state index contributed by atoms with van der Waals surface area (Å²) in [6, 6.07) is 2.16. The molecule has 7 heteroatoms. The van der Waals surface area contributed by atoms with Crippen LogP contribution in [0.25, 0.3) is 0 Å². The van der Waals surface area contributed by atoms with Crippen molar-refractivity contribution in [3.63, 3.8) is 0 Å².